The number of benzene rings is 1. The molecule has 0 spiro atoms. The van der Waals surface area contributed by atoms with Gasteiger partial charge in [0.05, 0.1) is 22.2 Å². The predicted octanol–water partition coefficient (Wildman–Crippen LogP) is 3.23. The molecule has 20 heavy (non-hydrogen) atoms. The van der Waals surface area contributed by atoms with Crippen LogP contribution in [-0.4, -0.2) is 21.2 Å². The molecule has 0 bridgehead atoms. The van der Waals surface area contributed by atoms with Gasteiger partial charge in [0.1, 0.15) is 5.69 Å². The maximum Gasteiger partial charge on any atom is 0.292 e. The summed E-state index contributed by atoms with van der Waals surface area (Å²) in [5.41, 5.74) is 2.28. The lowest BCUT2D eigenvalue weighted by Crippen LogP contribution is -2.05. The van der Waals surface area contributed by atoms with Gasteiger partial charge < -0.3 is 5.32 Å². The minimum atomic E-state index is -0.392. The van der Waals surface area contributed by atoms with E-state index in [0.29, 0.717) is 23.8 Å². The Hall–Kier alpha value is -2.08. The number of nitrogens with zero attached hydrogens (tertiary/aromatic N) is 3. The monoisotopic (exact) mass is 294 g/mol. The van der Waals surface area contributed by atoms with Gasteiger partial charge in [0, 0.05) is 18.8 Å². The van der Waals surface area contributed by atoms with Crippen LogP contribution < -0.4 is 5.32 Å². The number of anilines is 1. The summed E-state index contributed by atoms with van der Waals surface area (Å²) in [6.07, 6.45) is 1.74. The van der Waals surface area contributed by atoms with Crippen molar-refractivity contribution in [3.05, 3.63) is 50.8 Å². The van der Waals surface area contributed by atoms with E-state index < -0.39 is 4.92 Å². The molecule has 0 aliphatic carbocycles. The Bertz CT molecular complexity index is 620. The maximum atomic E-state index is 10.9. The van der Waals surface area contributed by atoms with Gasteiger partial charge in [-0.3, -0.25) is 14.8 Å². The van der Waals surface area contributed by atoms with Crippen LogP contribution in [0.15, 0.2) is 24.4 Å². The number of aromatic nitrogens is 2. The molecule has 0 fully saturated rings. The van der Waals surface area contributed by atoms with Gasteiger partial charge in [0.25, 0.3) is 5.69 Å². The smallest absolute Gasteiger partial charge is 0.292 e. The van der Waals surface area contributed by atoms with Gasteiger partial charge in [-0.25, -0.2) is 0 Å². The van der Waals surface area contributed by atoms with Gasteiger partial charge in [-0.15, -0.1) is 0 Å². The molecule has 1 aromatic carbocycles. The van der Waals surface area contributed by atoms with Crippen LogP contribution >= 0.6 is 11.6 Å². The van der Waals surface area contributed by atoms with Crippen LogP contribution in [0.2, 0.25) is 5.02 Å². The Kier molecular flexibility index (Phi) is 4.24. The van der Waals surface area contributed by atoms with E-state index in [4.69, 9.17) is 11.6 Å². The highest BCUT2D eigenvalue weighted by atomic mass is 35.5. The quantitative estimate of drug-likeness (QED) is 0.679. The summed E-state index contributed by atoms with van der Waals surface area (Å²) in [5.74, 6) is 0. The van der Waals surface area contributed by atoms with E-state index in [2.05, 4.69) is 10.4 Å². The molecule has 0 saturated carbocycles. The summed E-state index contributed by atoms with van der Waals surface area (Å²) in [6, 6.07) is 5.00. The van der Waals surface area contributed by atoms with Crippen LogP contribution in [0, 0.1) is 17.0 Å². The average Bonchev–Trinajstić information content (AvgIpc) is 2.68. The van der Waals surface area contributed by atoms with Gasteiger partial charge in [-0.1, -0.05) is 17.7 Å². The Morgan fingerprint density at radius 2 is 2.25 bits per heavy atom. The zero-order chi connectivity index (χ0) is 14.7. The third-order valence-corrected chi connectivity index (χ3v) is 3.23. The third-order valence-electron chi connectivity index (χ3n) is 2.86. The van der Waals surface area contributed by atoms with E-state index >= 15 is 0 Å². The topological polar surface area (TPSA) is 73.0 Å². The maximum absolute atomic E-state index is 10.9. The molecule has 0 aliphatic heterocycles. The van der Waals surface area contributed by atoms with Crippen molar-refractivity contribution >= 4 is 23.0 Å². The summed E-state index contributed by atoms with van der Waals surface area (Å²) in [5, 5.41) is 18.8. The van der Waals surface area contributed by atoms with E-state index in [0.717, 1.165) is 11.3 Å². The number of nitro groups is 1. The van der Waals surface area contributed by atoms with Crippen molar-refractivity contribution in [1.82, 2.24) is 9.78 Å². The second-order valence-corrected chi connectivity index (χ2v) is 4.81. The fraction of sp³-hybridized carbons (Fsp3) is 0.308. The van der Waals surface area contributed by atoms with Crippen molar-refractivity contribution in [2.24, 2.45) is 0 Å². The standard InChI is InChI=1S/C13H15ClN4O2/c1-3-15-12-6-10(4-5-13(12)18(19)20)7-17-8-11(14)9(2)16-17/h4-6,8,15H,3,7H2,1-2H3. The Morgan fingerprint density at radius 3 is 2.80 bits per heavy atom. The van der Waals surface area contributed by atoms with Crippen LogP contribution in [0.5, 0.6) is 0 Å². The highest BCUT2D eigenvalue weighted by Gasteiger charge is 2.14. The van der Waals surface area contributed by atoms with Crippen LogP contribution in [0.4, 0.5) is 11.4 Å². The molecule has 0 radical (unpaired) electrons. The van der Waals surface area contributed by atoms with E-state index in [-0.39, 0.29) is 5.69 Å². The summed E-state index contributed by atoms with van der Waals surface area (Å²) in [7, 11) is 0. The van der Waals surface area contributed by atoms with Crippen LogP contribution in [0.25, 0.3) is 0 Å². The largest absolute Gasteiger partial charge is 0.380 e. The first kappa shape index (κ1) is 14.3. The van der Waals surface area contributed by atoms with E-state index in [1.807, 2.05) is 13.8 Å². The highest BCUT2D eigenvalue weighted by Crippen LogP contribution is 2.26. The predicted molar refractivity (Wildman–Crippen MR) is 78.3 cm³/mol. The summed E-state index contributed by atoms with van der Waals surface area (Å²) in [4.78, 5) is 10.6. The molecule has 0 aliphatic rings. The first-order valence-electron chi connectivity index (χ1n) is 6.22. The van der Waals surface area contributed by atoms with Gasteiger partial charge in [0.2, 0.25) is 0 Å². The minimum absolute atomic E-state index is 0.0743. The molecule has 6 nitrogen and oxygen atoms in total. The zero-order valence-electron chi connectivity index (χ0n) is 11.3. The molecule has 0 amide bonds. The van der Waals surface area contributed by atoms with E-state index in [1.165, 1.54) is 6.07 Å². The second kappa shape index (κ2) is 5.92. The average molecular weight is 295 g/mol. The van der Waals surface area contributed by atoms with Crippen LogP contribution in [-0.2, 0) is 6.54 Å². The number of hydrogen-bond acceptors (Lipinski definition) is 4. The first-order valence-corrected chi connectivity index (χ1v) is 6.59. The third kappa shape index (κ3) is 3.08. The Morgan fingerprint density at radius 1 is 1.50 bits per heavy atom. The minimum Gasteiger partial charge on any atom is -0.380 e. The van der Waals surface area contributed by atoms with Crippen LogP contribution in [0.3, 0.4) is 0 Å². The van der Waals surface area contributed by atoms with Crippen molar-refractivity contribution in [2.75, 3.05) is 11.9 Å². The lowest BCUT2D eigenvalue weighted by molar-refractivity contribution is -0.384. The Labute approximate surface area is 121 Å². The van der Waals surface area contributed by atoms with Crippen molar-refractivity contribution < 1.29 is 4.92 Å². The normalized spacial score (nSPS) is 10.6. The van der Waals surface area contributed by atoms with E-state index in [9.17, 15) is 10.1 Å². The van der Waals surface area contributed by atoms with Crippen LogP contribution in [0.1, 0.15) is 18.2 Å². The molecule has 0 saturated heterocycles. The molecule has 0 atom stereocenters. The number of rotatable bonds is 5. The molecular formula is C13H15ClN4O2. The van der Waals surface area contributed by atoms with Crippen molar-refractivity contribution in [2.45, 2.75) is 20.4 Å². The van der Waals surface area contributed by atoms with Crippen molar-refractivity contribution in [3.8, 4) is 0 Å². The number of aryl methyl sites for hydroxylation is 1. The summed E-state index contributed by atoms with van der Waals surface area (Å²) >= 11 is 5.96. The molecule has 0 unspecified atom stereocenters. The molecule has 7 heteroatoms. The summed E-state index contributed by atoms with van der Waals surface area (Å²) in [6.45, 7) is 4.87. The SMILES string of the molecule is CCNc1cc(Cn2cc(Cl)c(C)n2)ccc1[N+](=O)[O-]. The number of nitrogens with one attached hydrogen (secondary N) is 1. The molecule has 1 N–H and O–H groups in total. The molecule has 1 heterocycles. The van der Waals surface area contributed by atoms with Gasteiger partial charge in [-0.05, 0) is 25.5 Å². The second-order valence-electron chi connectivity index (χ2n) is 4.40. The molecule has 1 aromatic heterocycles. The first-order chi connectivity index (χ1) is 9.51. The van der Waals surface area contributed by atoms with Gasteiger partial charge in [0.15, 0.2) is 0 Å². The fourth-order valence-electron chi connectivity index (χ4n) is 1.93. The van der Waals surface area contributed by atoms with Gasteiger partial charge in [-0.2, -0.15) is 5.10 Å². The van der Waals surface area contributed by atoms with E-state index in [1.54, 1.807) is 23.0 Å². The molecule has 2 aromatic rings. The molecule has 2 rings (SSSR count). The summed E-state index contributed by atoms with van der Waals surface area (Å²) < 4.78 is 1.72. The van der Waals surface area contributed by atoms with Gasteiger partial charge >= 0.3 is 0 Å². The lowest BCUT2D eigenvalue weighted by atomic mass is 10.1. The Balaban J connectivity index is 2.28. The lowest BCUT2D eigenvalue weighted by Gasteiger charge is -2.07. The van der Waals surface area contributed by atoms with Crippen molar-refractivity contribution in [3.63, 3.8) is 0 Å². The fourth-order valence-corrected chi connectivity index (χ4v) is 2.08. The zero-order valence-corrected chi connectivity index (χ0v) is 12.0. The van der Waals surface area contributed by atoms with Crippen molar-refractivity contribution in [1.29, 1.82) is 0 Å². The molecule has 106 valence electrons. The number of nitro benzene ring substituents is 1. The number of halogens is 1. The highest BCUT2D eigenvalue weighted by molar-refractivity contribution is 6.31. The number of hydrogen-bond donors (Lipinski definition) is 1. The molecular weight excluding hydrogens is 280 g/mol.